The molecule has 16 heavy (non-hydrogen) atoms. The summed E-state index contributed by atoms with van der Waals surface area (Å²) in [4.78, 5) is 11.2. The zero-order valence-electron chi connectivity index (χ0n) is 8.86. The molecule has 0 fully saturated rings. The Morgan fingerprint density at radius 3 is 2.56 bits per heavy atom. The van der Waals surface area contributed by atoms with Crippen LogP contribution in [0.1, 0.15) is 5.56 Å². The summed E-state index contributed by atoms with van der Waals surface area (Å²) in [7, 11) is -2.13. The van der Waals surface area contributed by atoms with Gasteiger partial charge in [-0.3, -0.25) is 4.79 Å². The normalized spacial score (nSPS) is 11.2. The summed E-state index contributed by atoms with van der Waals surface area (Å²) >= 11 is 5.75. The van der Waals surface area contributed by atoms with Crippen LogP contribution < -0.4 is 0 Å². The average Bonchev–Trinajstić information content (AvgIpc) is 2.15. The highest BCUT2D eigenvalue weighted by atomic mass is 35.5. The fraction of sp³-hybridized carbons (Fsp3) is 0.300. The smallest absolute Gasteiger partial charge is 0.310 e. The number of hydrogen-bond acceptors (Lipinski definition) is 4. The van der Waals surface area contributed by atoms with Crippen LogP contribution in [0, 0.1) is 0 Å². The van der Waals surface area contributed by atoms with Gasteiger partial charge in [0.25, 0.3) is 0 Å². The summed E-state index contributed by atoms with van der Waals surface area (Å²) in [5.41, 5.74) is 0.349. The highest BCUT2D eigenvalue weighted by Gasteiger charge is 2.16. The third-order valence-electron chi connectivity index (χ3n) is 1.98. The number of esters is 1. The average molecular weight is 263 g/mol. The Morgan fingerprint density at radius 1 is 1.44 bits per heavy atom. The number of carbonyl (C=O) groups is 1. The number of sulfone groups is 1. The zero-order chi connectivity index (χ0) is 12.3. The van der Waals surface area contributed by atoms with Crippen molar-refractivity contribution in [2.24, 2.45) is 0 Å². The number of methoxy groups -OCH3 is 1. The molecule has 0 aliphatic rings. The number of ether oxygens (including phenoxy) is 1. The molecule has 0 atom stereocenters. The van der Waals surface area contributed by atoms with E-state index in [1.165, 1.54) is 25.3 Å². The Hall–Kier alpha value is -1.07. The molecule has 0 aromatic heterocycles. The van der Waals surface area contributed by atoms with Crippen molar-refractivity contribution in [3.8, 4) is 0 Å². The van der Waals surface area contributed by atoms with Crippen LogP contribution in [-0.2, 0) is 25.8 Å². The molecule has 0 amide bonds. The van der Waals surface area contributed by atoms with Crippen molar-refractivity contribution in [3.05, 3.63) is 28.8 Å². The molecule has 1 aromatic rings. The molecule has 0 heterocycles. The van der Waals surface area contributed by atoms with Crippen molar-refractivity contribution in [1.82, 2.24) is 0 Å². The molecular formula is C10H11ClO4S. The van der Waals surface area contributed by atoms with Crippen LogP contribution in [0.3, 0.4) is 0 Å². The number of hydrogen-bond donors (Lipinski definition) is 0. The van der Waals surface area contributed by atoms with Crippen molar-refractivity contribution >= 4 is 27.4 Å². The van der Waals surface area contributed by atoms with Crippen LogP contribution >= 0.6 is 11.6 Å². The summed E-state index contributed by atoms with van der Waals surface area (Å²) < 4.78 is 27.4. The van der Waals surface area contributed by atoms with E-state index >= 15 is 0 Å². The van der Waals surface area contributed by atoms with E-state index in [4.69, 9.17) is 11.6 Å². The van der Waals surface area contributed by atoms with Crippen LogP contribution in [-0.4, -0.2) is 27.8 Å². The third kappa shape index (κ3) is 3.21. The van der Waals surface area contributed by atoms with E-state index in [-0.39, 0.29) is 11.3 Å². The molecular weight excluding hydrogens is 252 g/mol. The Kier molecular flexibility index (Phi) is 3.93. The van der Waals surface area contributed by atoms with Gasteiger partial charge in [0.05, 0.1) is 18.4 Å². The van der Waals surface area contributed by atoms with E-state index in [0.29, 0.717) is 10.6 Å². The van der Waals surface area contributed by atoms with Crippen LogP contribution in [0.2, 0.25) is 5.02 Å². The maximum atomic E-state index is 11.4. The minimum atomic E-state index is -3.37. The van der Waals surface area contributed by atoms with Crippen LogP contribution in [0.4, 0.5) is 0 Å². The maximum Gasteiger partial charge on any atom is 0.310 e. The van der Waals surface area contributed by atoms with E-state index in [1.807, 2.05) is 0 Å². The van der Waals surface area contributed by atoms with Gasteiger partial charge in [0.2, 0.25) is 0 Å². The Morgan fingerprint density at radius 2 is 2.06 bits per heavy atom. The molecule has 1 aromatic carbocycles. The van der Waals surface area contributed by atoms with E-state index in [0.717, 1.165) is 6.26 Å². The number of halogens is 1. The Labute approximate surface area is 99.1 Å². The highest BCUT2D eigenvalue weighted by molar-refractivity contribution is 7.90. The summed E-state index contributed by atoms with van der Waals surface area (Å²) in [6.45, 7) is 0. The van der Waals surface area contributed by atoms with Gasteiger partial charge in [-0.15, -0.1) is 0 Å². The molecule has 0 aliphatic carbocycles. The maximum absolute atomic E-state index is 11.4. The molecule has 0 unspecified atom stereocenters. The lowest BCUT2D eigenvalue weighted by Gasteiger charge is -2.07. The Bertz CT molecular complexity index is 508. The zero-order valence-corrected chi connectivity index (χ0v) is 10.4. The topological polar surface area (TPSA) is 60.4 Å². The molecule has 0 radical (unpaired) electrons. The van der Waals surface area contributed by atoms with Crippen LogP contribution in [0.5, 0.6) is 0 Å². The molecule has 88 valence electrons. The lowest BCUT2D eigenvalue weighted by Crippen LogP contribution is -2.09. The predicted molar refractivity (Wildman–Crippen MR) is 60.3 cm³/mol. The van der Waals surface area contributed by atoms with Crippen molar-refractivity contribution in [3.63, 3.8) is 0 Å². The minimum absolute atomic E-state index is 0.0994. The first-order valence-electron chi connectivity index (χ1n) is 4.40. The number of rotatable bonds is 3. The number of benzene rings is 1. The SMILES string of the molecule is COC(=O)Cc1cc(Cl)ccc1S(C)(=O)=O. The summed E-state index contributed by atoms with van der Waals surface area (Å²) in [5, 5.41) is 0.381. The molecule has 0 aliphatic heterocycles. The second-order valence-electron chi connectivity index (χ2n) is 3.28. The predicted octanol–water partition coefficient (Wildman–Crippen LogP) is 1.46. The molecule has 0 bridgehead atoms. The van der Waals surface area contributed by atoms with Gasteiger partial charge in [-0.25, -0.2) is 8.42 Å². The monoisotopic (exact) mass is 262 g/mol. The minimum Gasteiger partial charge on any atom is -0.469 e. The van der Waals surface area contributed by atoms with Gasteiger partial charge in [-0.1, -0.05) is 11.6 Å². The van der Waals surface area contributed by atoms with Gasteiger partial charge in [0.1, 0.15) is 0 Å². The quantitative estimate of drug-likeness (QED) is 0.774. The van der Waals surface area contributed by atoms with Crippen molar-refractivity contribution in [2.45, 2.75) is 11.3 Å². The summed E-state index contributed by atoms with van der Waals surface area (Å²) in [6.07, 6.45) is 0.969. The van der Waals surface area contributed by atoms with E-state index in [9.17, 15) is 13.2 Å². The molecule has 0 spiro atoms. The van der Waals surface area contributed by atoms with E-state index in [1.54, 1.807) is 0 Å². The Balaban J connectivity index is 3.24. The lowest BCUT2D eigenvalue weighted by atomic mass is 10.1. The van der Waals surface area contributed by atoms with Gasteiger partial charge in [-0.2, -0.15) is 0 Å². The van der Waals surface area contributed by atoms with Crippen molar-refractivity contribution < 1.29 is 17.9 Å². The fourth-order valence-corrected chi connectivity index (χ4v) is 2.39. The summed E-state index contributed by atoms with van der Waals surface area (Å²) in [5.74, 6) is -0.507. The van der Waals surface area contributed by atoms with Gasteiger partial charge in [0.15, 0.2) is 9.84 Å². The molecule has 1 rings (SSSR count). The molecule has 0 N–H and O–H groups in total. The van der Waals surface area contributed by atoms with Gasteiger partial charge >= 0.3 is 5.97 Å². The molecule has 4 nitrogen and oxygen atoms in total. The fourth-order valence-electron chi connectivity index (χ4n) is 1.28. The van der Waals surface area contributed by atoms with E-state index in [2.05, 4.69) is 4.74 Å². The molecule has 0 saturated heterocycles. The van der Waals surface area contributed by atoms with Crippen LogP contribution in [0.25, 0.3) is 0 Å². The largest absolute Gasteiger partial charge is 0.469 e. The first-order valence-corrected chi connectivity index (χ1v) is 6.67. The van der Waals surface area contributed by atoms with Gasteiger partial charge in [0, 0.05) is 11.3 Å². The first-order chi connectivity index (χ1) is 7.34. The van der Waals surface area contributed by atoms with Crippen LogP contribution in [0.15, 0.2) is 23.1 Å². The standard InChI is InChI=1S/C10H11ClO4S/c1-15-10(12)6-7-5-8(11)3-4-9(7)16(2,13)14/h3-5H,6H2,1-2H3. The number of carbonyl (C=O) groups excluding carboxylic acids is 1. The second kappa shape index (κ2) is 4.84. The van der Waals surface area contributed by atoms with Gasteiger partial charge in [-0.05, 0) is 23.8 Å². The first kappa shape index (κ1) is 13.0. The lowest BCUT2D eigenvalue weighted by molar-refractivity contribution is -0.139. The van der Waals surface area contributed by atoms with Crippen molar-refractivity contribution in [2.75, 3.05) is 13.4 Å². The highest BCUT2D eigenvalue weighted by Crippen LogP contribution is 2.21. The van der Waals surface area contributed by atoms with Gasteiger partial charge < -0.3 is 4.74 Å². The molecule has 0 saturated carbocycles. The summed E-state index contributed by atoms with van der Waals surface area (Å²) in [6, 6.07) is 4.31. The third-order valence-corrected chi connectivity index (χ3v) is 3.42. The van der Waals surface area contributed by atoms with Crippen molar-refractivity contribution in [1.29, 1.82) is 0 Å². The van der Waals surface area contributed by atoms with E-state index < -0.39 is 15.8 Å². The second-order valence-corrected chi connectivity index (χ2v) is 5.70. The molecule has 6 heteroatoms.